The maximum atomic E-state index is 11.8. The lowest BCUT2D eigenvalue weighted by Gasteiger charge is -2.18. The predicted molar refractivity (Wildman–Crippen MR) is 86.8 cm³/mol. The second-order valence-electron chi connectivity index (χ2n) is 4.70. The molecule has 5 nitrogen and oxygen atoms in total. The van der Waals surface area contributed by atoms with Gasteiger partial charge in [0, 0.05) is 23.3 Å². The van der Waals surface area contributed by atoms with Crippen molar-refractivity contribution >= 4 is 29.1 Å². The number of hydrogen-bond donors (Lipinski definition) is 2. The van der Waals surface area contributed by atoms with Crippen LogP contribution in [0.25, 0.3) is 0 Å². The molecule has 2 aromatic rings. The van der Waals surface area contributed by atoms with Gasteiger partial charge in [0.1, 0.15) is 0 Å². The van der Waals surface area contributed by atoms with E-state index in [1.165, 1.54) is 0 Å². The Bertz CT molecular complexity index is 644. The van der Waals surface area contributed by atoms with Crippen LogP contribution in [0.1, 0.15) is 10.4 Å². The van der Waals surface area contributed by atoms with Crippen molar-refractivity contribution in [2.75, 3.05) is 18.5 Å². The highest BCUT2D eigenvalue weighted by atomic mass is 35.5. The van der Waals surface area contributed by atoms with Gasteiger partial charge in [0.05, 0.1) is 6.54 Å². The van der Waals surface area contributed by atoms with E-state index in [9.17, 15) is 9.59 Å². The van der Waals surface area contributed by atoms with Gasteiger partial charge in [-0.25, -0.2) is 0 Å². The van der Waals surface area contributed by atoms with E-state index in [2.05, 4.69) is 10.9 Å². The molecule has 0 aliphatic rings. The summed E-state index contributed by atoms with van der Waals surface area (Å²) in [5.41, 5.74) is 6.09. The fraction of sp³-hybridized carbons (Fsp3) is 0.125. The number of benzene rings is 2. The lowest BCUT2D eigenvalue weighted by molar-refractivity contribution is -0.120. The fourth-order valence-electron chi connectivity index (χ4n) is 1.83. The van der Waals surface area contributed by atoms with Gasteiger partial charge in [-0.3, -0.25) is 20.4 Å². The molecular formula is C16H16ClN3O2. The number of anilines is 1. The van der Waals surface area contributed by atoms with Crippen LogP contribution in [0.15, 0.2) is 54.6 Å². The molecular weight excluding hydrogens is 302 g/mol. The molecule has 0 fully saturated rings. The number of nitrogens with one attached hydrogen (secondary N) is 2. The van der Waals surface area contributed by atoms with Gasteiger partial charge in [-0.1, -0.05) is 29.8 Å². The summed E-state index contributed by atoms with van der Waals surface area (Å²) in [4.78, 5) is 25.4. The number of halogens is 1. The quantitative estimate of drug-likeness (QED) is 0.850. The number of carbonyl (C=O) groups is 2. The van der Waals surface area contributed by atoms with E-state index in [4.69, 9.17) is 11.6 Å². The largest absolute Gasteiger partial charge is 0.365 e. The summed E-state index contributed by atoms with van der Waals surface area (Å²) in [5, 5.41) is 0.546. The Hall–Kier alpha value is -2.53. The number of carbonyl (C=O) groups excluding carboxylic acids is 2. The molecule has 0 aromatic heterocycles. The Kier molecular flexibility index (Phi) is 5.38. The van der Waals surface area contributed by atoms with E-state index < -0.39 is 5.91 Å². The minimum atomic E-state index is -0.396. The van der Waals surface area contributed by atoms with Crippen LogP contribution in [0.3, 0.4) is 0 Å². The van der Waals surface area contributed by atoms with E-state index in [-0.39, 0.29) is 12.5 Å². The molecule has 114 valence electrons. The van der Waals surface area contributed by atoms with Crippen LogP contribution in [0.5, 0.6) is 0 Å². The van der Waals surface area contributed by atoms with Gasteiger partial charge in [-0.05, 0) is 36.4 Å². The summed E-state index contributed by atoms with van der Waals surface area (Å²) in [6.07, 6.45) is 0. The molecule has 0 radical (unpaired) electrons. The van der Waals surface area contributed by atoms with Crippen LogP contribution in [-0.2, 0) is 4.79 Å². The van der Waals surface area contributed by atoms with Gasteiger partial charge in [-0.2, -0.15) is 0 Å². The molecule has 0 saturated carbocycles. The van der Waals surface area contributed by atoms with Crippen LogP contribution in [0.4, 0.5) is 5.69 Å². The Morgan fingerprint density at radius 3 is 2.27 bits per heavy atom. The normalized spacial score (nSPS) is 9.91. The van der Waals surface area contributed by atoms with E-state index in [1.54, 1.807) is 36.2 Å². The first-order valence-corrected chi connectivity index (χ1v) is 7.05. The molecule has 2 N–H and O–H groups in total. The van der Waals surface area contributed by atoms with Crippen molar-refractivity contribution in [2.45, 2.75) is 0 Å². The number of nitrogens with zero attached hydrogens (tertiary/aromatic N) is 1. The van der Waals surface area contributed by atoms with Crippen LogP contribution in [-0.4, -0.2) is 25.4 Å². The number of rotatable bonds is 4. The first kappa shape index (κ1) is 15.9. The molecule has 0 aliphatic carbocycles. The highest BCUT2D eigenvalue weighted by Gasteiger charge is 2.09. The Labute approximate surface area is 133 Å². The first-order valence-electron chi connectivity index (χ1n) is 6.67. The number of para-hydroxylation sites is 1. The van der Waals surface area contributed by atoms with Crippen LogP contribution in [0, 0.1) is 0 Å². The third kappa shape index (κ3) is 4.49. The average Bonchev–Trinajstić information content (AvgIpc) is 2.54. The zero-order chi connectivity index (χ0) is 15.9. The van der Waals surface area contributed by atoms with Crippen molar-refractivity contribution < 1.29 is 9.59 Å². The zero-order valence-corrected chi connectivity index (χ0v) is 12.8. The molecule has 2 amide bonds. The summed E-state index contributed by atoms with van der Waals surface area (Å²) in [6.45, 7) is 0.130. The van der Waals surface area contributed by atoms with Gasteiger partial charge in [-0.15, -0.1) is 0 Å². The second-order valence-corrected chi connectivity index (χ2v) is 5.14. The van der Waals surface area contributed by atoms with Crippen molar-refractivity contribution in [1.29, 1.82) is 0 Å². The topological polar surface area (TPSA) is 61.4 Å². The number of amides is 2. The molecule has 0 unspecified atom stereocenters. The summed E-state index contributed by atoms with van der Waals surface area (Å²) in [5.74, 6) is -0.707. The van der Waals surface area contributed by atoms with Gasteiger partial charge in [0.2, 0.25) is 0 Å². The van der Waals surface area contributed by atoms with E-state index in [0.29, 0.717) is 10.6 Å². The molecule has 0 bridgehead atoms. The zero-order valence-electron chi connectivity index (χ0n) is 12.0. The van der Waals surface area contributed by atoms with Gasteiger partial charge >= 0.3 is 0 Å². The minimum absolute atomic E-state index is 0.130. The van der Waals surface area contributed by atoms with E-state index in [0.717, 1.165) is 5.69 Å². The predicted octanol–water partition coefficient (Wildman–Crippen LogP) is 2.24. The third-order valence-corrected chi connectivity index (χ3v) is 3.25. The highest BCUT2D eigenvalue weighted by molar-refractivity contribution is 6.30. The highest BCUT2D eigenvalue weighted by Crippen LogP contribution is 2.10. The Balaban J connectivity index is 1.82. The summed E-state index contributed by atoms with van der Waals surface area (Å²) in [7, 11) is 1.80. The Morgan fingerprint density at radius 2 is 1.64 bits per heavy atom. The van der Waals surface area contributed by atoms with E-state index in [1.807, 2.05) is 30.3 Å². The third-order valence-electron chi connectivity index (χ3n) is 3.00. The maximum absolute atomic E-state index is 11.8. The lowest BCUT2D eigenvalue weighted by atomic mass is 10.2. The van der Waals surface area contributed by atoms with Crippen LogP contribution >= 0.6 is 11.6 Å². The molecule has 2 aromatic carbocycles. The van der Waals surface area contributed by atoms with Crippen molar-refractivity contribution in [2.24, 2.45) is 0 Å². The van der Waals surface area contributed by atoms with Gasteiger partial charge in [0.15, 0.2) is 0 Å². The standard InChI is InChI=1S/C16H16ClN3O2/c1-20(14-5-3-2-4-6-14)11-15(21)18-19-16(22)12-7-9-13(17)10-8-12/h2-10H,11H2,1H3,(H,18,21)(H,19,22). The SMILES string of the molecule is CN(CC(=O)NNC(=O)c1ccc(Cl)cc1)c1ccccc1. The molecule has 22 heavy (non-hydrogen) atoms. The summed E-state index contributed by atoms with van der Waals surface area (Å²) < 4.78 is 0. The summed E-state index contributed by atoms with van der Waals surface area (Å²) in [6, 6.07) is 15.9. The summed E-state index contributed by atoms with van der Waals surface area (Å²) >= 11 is 5.75. The van der Waals surface area contributed by atoms with Crippen molar-refractivity contribution in [3.05, 3.63) is 65.2 Å². The monoisotopic (exact) mass is 317 g/mol. The molecule has 2 rings (SSSR count). The molecule has 0 saturated heterocycles. The van der Waals surface area contributed by atoms with Crippen LogP contribution < -0.4 is 15.8 Å². The number of likely N-dealkylation sites (N-methyl/N-ethyl adjacent to an activating group) is 1. The molecule has 0 aliphatic heterocycles. The van der Waals surface area contributed by atoms with Gasteiger partial charge in [0.25, 0.3) is 11.8 Å². The smallest absolute Gasteiger partial charge is 0.269 e. The minimum Gasteiger partial charge on any atom is -0.365 e. The van der Waals surface area contributed by atoms with Crippen molar-refractivity contribution in [3.63, 3.8) is 0 Å². The first-order chi connectivity index (χ1) is 10.6. The average molecular weight is 318 g/mol. The maximum Gasteiger partial charge on any atom is 0.269 e. The molecule has 0 spiro atoms. The van der Waals surface area contributed by atoms with Gasteiger partial charge < -0.3 is 4.90 Å². The van der Waals surface area contributed by atoms with Crippen molar-refractivity contribution in [1.82, 2.24) is 10.9 Å². The van der Waals surface area contributed by atoms with Crippen molar-refractivity contribution in [3.8, 4) is 0 Å². The Morgan fingerprint density at radius 1 is 1.00 bits per heavy atom. The molecule has 0 heterocycles. The number of hydrazine groups is 1. The van der Waals surface area contributed by atoms with Crippen LogP contribution in [0.2, 0.25) is 5.02 Å². The number of hydrogen-bond acceptors (Lipinski definition) is 3. The van der Waals surface area contributed by atoms with E-state index >= 15 is 0 Å². The lowest BCUT2D eigenvalue weighted by Crippen LogP contribution is -2.45. The fourth-order valence-corrected chi connectivity index (χ4v) is 1.95. The molecule has 0 atom stereocenters. The second kappa shape index (κ2) is 7.47. The molecule has 6 heteroatoms.